The van der Waals surface area contributed by atoms with Crippen LogP contribution in [0.15, 0.2) is 0 Å². The molecule has 0 saturated heterocycles. The van der Waals surface area contributed by atoms with E-state index in [2.05, 4.69) is 11.9 Å². The summed E-state index contributed by atoms with van der Waals surface area (Å²) in [5.41, 5.74) is 5.20. The van der Waals surface area contributed by atoms with Crippen LogP contribution in [0.25, 0.3) is 0 Å². The molecule has 0 spiro atoms. The van der Waals surface area contributed by atoms with E-state index < -0.39 is 5.60 Å². The van der Waals surface area contributed by atoms with E-state index in [1.165, 1.54) is 16.7 Å². The summed E-state index contributed by atoms with van der Waals surface area (Å²) in [6, 6.07) is 0. The van der Waals surface area contributed by atoms with Crippen LogP contribution in [-0.4, -0.2) is 21.6 Å². The summed E-state index contributed by atoms with van der Waals surface area (Å²) in [6.45, 7) is 13.0. The molecule has 0 aromatic carbocycles. The van der Waals surface area contributed by atoms with E-state index in [1.807, 2.05) is 34.6 Å². The molecule has 104 valence electrons. The molecular formula is C15H22N2O2. The van der Waals surface area contributed by atoms with Crippen LogP contribution in [-0.2, 0) is 17.8 Å². The molecule has 2 heterocycles. The van der Waals surface area contributed by atoms with Crippen molar-refractivity contribution < 1.29 is 9.53 Å². The zero-order chi connectivity index (χ0) is 14.4. The quantitative estimate of drug-likeness (QED) is 0.720. The number of aromatic nitrogens is 1. The number of nitrogens with zero attached hydrogens (tertiary/aromatic N) is 2. The Balaban J connectivity index is 2.23. The molecule has 1 aliphatic heterocycles. The fourth-order valence-electron chi connectivity index (χ4n) is 2.38. The van der Waals surface area contributed by atoms with Gasteiger partial charge in [-0.25, -0.2) is 4.79 Å². The molecule has 4 heteroatoms. The third kappa shape index (κ3) is 2.72. The highest BCUT2D eigenvalue weighted by atomic mass is 16.6. The number of pyridine rings is 1. The van der Waals surface area contributed by atoms with Gasteiger partial charge in [0.15, 0.2) is 0 Å². The number of ether oxygens (including phenoxy) is 1. The summed E-state index contributed by atoms with van der Waals surface area (Å²) < 4.78 is 5.43. The van der Waals surface area contributed by atoms with Crippen molar-refractivity contribution in [3.63, 3.8) is 0 Å². The molecule has 19 heavy (non-hydrogen) atoms. The second kappa shape index (κ2) is 4.51. The Morgan fingerprint density at radius 3 is 2.26 bits per heavy atom. The smallest absolute Gasteiger partial charge is 0.410 e. The van der Waals surface area contributed by atoms with Gasteiger partial charge in [0, 0.05) is 11.4 Å². The van der Waals surface area contributed by atoms with E-state index in [4.69, 9.17) is 4.74 Å². The maximum atomic E-state index is 12.1. The van der Waals surface area contributed by atoms with E-state index >= 15 is 0 Å². The Labute approximate surface area is 114 Å². The highest BCUT2D eigenvalue weighted by Gasteiger charge is 2.30. The molecule has 0 atom stereocenters. The Morgan fingerprint density at radius 2 is 1.68 bits per heavy atom. The lowest BCUT2D eigenvalue weighted by atomic mass is 10.0. The van der Waals surface area contributed by atoms with Crippen molar-refractivity contribution in [3.05, 3.63) is 28.1 Å². The van der Waals surface area contributed by atoms with Gasteiger partial charge in [-0.3, -0.25) is 9.88 Å². The zero-order valence-electron chi connectivity index (χ0n) is 12.6. The summed E-state index contributed by atoms with van der Waals surface area (Å²) in [7, 11) is 0. The molecule has 1 aliphatic rings. The number of hydrogen-bond acceptors (Lipinski definition) is 3. The zero-order valence-corrected chi connectivity index (χ0v) is 12.6. The highest BCUT2D eigenvalue weighted by Crippen LogP contribution is 2.29. The van der Waals surface area contributed by atoms with Gasteiger partial charge in [0.25, 0.3) is 0 Å². The average molecular weight is 262 g/mol. The topological polar surface area (TPSA) is 42.4 Å². The largest absolute Gasteiger partial charge is 0.444 e. The first-order valence-electron chi connectivity index (χ1n) is 6.62. The summed E-state index contributed by atoms with van der Waals surface area (Å²) in [5, 5.41) is 0. The molecule has 4 nitrogen and oxygen atoms in total. The number of amides is 1. The van der Waals surface area contributed by atoms with Crippen LogP contribution in [0.3, 0.4) is 0 Å². The Morgan fingerprint density at radius 1 is 1.11 bits per heavy atom. The average Bonchev–Trinajstić information content (AvgIpc) is 2.69. The van der Waals surface area contributed by atoms with Gasteiger partial charge in [-0.1, -0.05) is 0 Å². The molecule has 1 amide bonds. The van der Waals surface area contributed by atoms with Gasteiger partial charge in [-0.2, -0.15) is 0 Å². The molecule has 0 radical (unpaired) electrons. The SMILES string of the molecule is Cc1nc(C)c2c(c1C)CN(C(=O)OC(C)(C)C)C2. The minimum absolute atomic E-state index is 0.250. The van der Waals surface area contributed by atoms with E-state index in [9.17, 15) is 4.79 Å². The minimum atomic E-state index is -0.454. The first kappa shape index (κ1) is 13.8. The molecule has 0 aliphatic carbocycles. The number of aryl methyl sites for hydroxylation is 2. The fourth-order valence-corrected chi connectivity index (χ4v) is 2.38. The second-order valence-electron chi connectivity index (χ2n) is 6.20. The monoisotopic (exact) mass is 262 g/mol. The van der Waals surface area contributed by atoms with Crippen LogP contribution in [0.5, 0.6) is 0 Å². The van der Waals surface area contributed by atoms with E-state index in [1.54, 1.807) is 4.90 Å². The molecule has 0 N–H and O–H groups in total. The summed E-state index contributed by atoms with van der Waals surface area (Å²) in [4.78, 5) is 18.4. The van der Waals surface area contributed by atoms with Crippen molar-refractivity contribution in [1.29, 1.82) is 0 Å². The predicted molar refractivity (Wildman–Crippen MR) is 73.9 cm³/mol. The second-order valence-corrected chi connectivity index (χ2v) is 6.20. The van der Waals surface area contributed by atoms with Crippen molar-refractivity contribution in [1.82, 2.24) is 9.88 Å². The molecule has 0 bridgehead atoms. The Kier molecular flexibility index (Phi) is 3.29. The van der Waals surface area contributed by atoms with Gasteiger partial charge in [0.05, 0.1) is 13.1 Å². The van der Waals surface area contributed by atoms with Crippen molar-refractivity contribution in [3.8, 4) is 0 Å². The number of carbonyl (C=O) groups excluding carboxylic acids is 1. The lowest BCUT2D eigenvalue weighted by Crippen LogP contribution is -2.33. The van der Waals surface area contributed by atoms with Gasteiger partial charge in [0.2, 0.25) is 0 Å². The molecule has 2 rings (SSSR count). The minimum Gasteiger partial charge on any atom is -0.444 e. The molecule has 1 aromatic rings. The summed E-state index contributed by atoms with van der Waals surface area (Å²) in [5.74, 6) is 0. The summed E-state index contributed by atoms with van der Waals surface area (Å²) >= 11 is 0. The third-order valence-corrected chi connectivity index (χ3v) is 3.48. The maximum Gasteiger partial charge on any atom is 0.410 e. The van der Waals surface area contributed by atoms with Crippen LogP contribution < -0.4 is 0 Å². The third-order valence-electron chi connectivity index (χ3n) is 3.48. The highest BCUT2D eigenvalue weighted by molar-refractivity contribution is 5.69. The van der Waals surface area contributed by atoms with Crippen LogP contribution in [0.2, 0.25) is 0 Å². The van der Waals surface area contributed by atoms with Gasteiger partial charge >= 0.3 is 6.09 Å². The van der Waals surface area contributed by atoms with Gasteiger partial charge in [-0.15, -0.1) is 0 Å². The maximum absolute atomic E-state index is 12.1. The van der Waals surface area contributed by atoms with Gasteiger partial charge in [-0.05, 0) is 58.2 Å². The number of fused-ring (bicyclic) bond motifs is 1. The van der Waals surface area contributed by atoms with Crippen molar-refractivity contribution in [2.45, 2.75) is 60.2 Å². The Hall–Kier alpha value is -1.58. The van der Waals surface area contributed by atoms with Crippen molar-refractivity contribution in [2.24, 2.45) is 0 Å². The molecule has 0 saturated carbocycles. The van der Waals surface area contributed by atoms with E-state index in [-0.39, 0.29) is 6.09 Å². The van der Waals surface area contributed by atoms with Crippen LogP contribution >= 0.6 is 0 Å². The van der Waals surface area contributed by atoms with Gasteiger partial charge < -0.3 is 4.74 Å². The fraction of sp³-hybridized carbons (Fsp3) is 0.600. The van der Waals surface area contributed by atoms with Crippen LogP contribution in [0.4, 0.5) is 4.79 Å². The Bertz CT molecular complexity index is 530. The first-order chi connectivity index (χ1) is 8.69. The number of carbonyl (C=O) groups is 1. The van der Waals surface area contributed by atoms with Gasteiger partial charge in [0.1, 0.15) is 5.60 Å². The lowest BCUT2D eigenvalue weighted by molar-refractivity contribution is 0.0241. The predicted octanol–water partition coefficient (Wildman–Crippen LogP) is 3.26. The van der Waals surface area contributed by atoms with Crippen molar-refractivity contribution in [2.75, 3.05) is 0 Å². The molecule has 1 aromatic heterocycles. The van der Waals surface area contributed by atoms with Crippen LogP contribution in [0, 0.1) is 20.8 Å². The number of rotatable bonds is 0. The van der Waals surface area contributed by atoms with Crippen molar-refractivity contribution >= 4 is 6.09 Å². The normalized spacial score (nSPS) is 14.5. The van der Waals surface area contributed by atoms with E-state index in [0.717, 1.165) is 11.4 Å². The molecule has 0 fully saturated rings. The van der Waals surface area contributed by atoms with E-state index in [0.29, 0.717) is 13.1 Å². The number of hydrogen-bond donors (Lipinski definition) is 0. The first-order valence-corrected chi connectivity index (χ1v) is 6.62. The van der Waals surface area contributed by atoms with Crippen LogP contribution in [0.1, 0.15) is 48.8 Å². The molecular weight excluding hydrogens is 240 g/mol. The summed E-state index contributed by atoms with van der Waals surface area (Å²) in [6.07, 6.45) is -0.250. The molecule has 0 unspecified atom stereocenters. The standard InChI is InChI=1S/C15H22N2O2/c1-9-10(2)16-11(3)13-8-17(7-12(9)13)14(18)19-15(4,5)6/h7-8H2,1-6H3. The lowest BCUT2D eigenvalue weighted by Gasteiger charge is -2.24.